The van der Waals surface area contributed by atoms with Gasteiger partial charge in [-0.1, -0.05) is 30.3 Å². The van der Waals surface area contributed by atoms with Crippen molar-refractivity contribution in [3.8, 4) is 11.1 Å². The van der Waals surface area contributed by atoms with E-state index in [0.29, 0.717) is 24.1 Å². The molecule has 0 spiro atoms. The summed E-state index contributed by atoms with van der Waals surface area (Å²) in [5.74, 6) is -1.78. The number of hydrogen-bond donors (Lipinski definition) is 1. The first-order valence-corrected chi connectivity index (χ1v) is 7.55. The molecule has 1 aromatic carbocycles. The largest absolute Gasteiger partial charge is 0.393 e. The van der Waals surface area contributed by atoms with Gasteiger partial charge in [0.1, 0.15) is 0 Å². The molecule has 2 aromatic rings. The highest BCUT2D eigenvalue weighted by Crippen LogP contribution is 2.34. The Hall–Kier alpha value is -2.24. The normalized spacial score (nSPS) is 18.9. The van der Waals surface area contributed by atoms with Crippen molar-refractivity contribution in [2.24, 2.45) is 5.92 Å². The molecule has 0 radical (unpaired) electrons. The third-order valence-electron chi connectivity index (χ3n) is 4.23. The van der Waals surface area contributed by atoms with Gasteiger partial charge in [0.2, 0.25) is 0 Å². The van der Waals surface area contributed by atoms with Gasteiger partial charge in [-0.25, -0.2) is 0 Å². The van der Waals surface area contributed by atoms with Gasteiger partial charge in [0.05, 0.1) is 11.5 Å². The van der Waals surface area contributed by atoms with Crippen LogP contribution in [0.25, 0.3) is 11.1 Å². The SMILES string of the molecule is O=C(c1c[nH]cc1-c1ccccc1)N1CCCC(C(F)(F)F)C1. The van der Waals surface area contributed by atoms with Gasteiger partial charge in [0, 0.05) is 31.0 Å². The fourth-order valence-corrected chi connectivity index (χ4v) is 3.00. The number of aromatic nitrogens is 1. The molecule has 3 rings (SSSR count). The van der Waals surface area contributed by atoms with Crippen LogP contribution in [0.4, 0.5) is 13.2 Å². The summed E-state index contributed by atoms with van der Waals surface area (Å²) < 4.78 is 38.8. The molecule has 1 amide bonds. The molecule has 1 fully saturated rings. The van der Waals surface area contributed by atoms with Crippen molar-refractivity contribution in [2.45, 2.75) is 19.0 Å². The standard InChI is InChI=1S/C17H17F3N2O/c18-17(19,20)13-7-4-8-22(11-13)16(23)15-10-21-9-14(15)12-5-2-1-3-6-12/h1-3,5-6,9-10,13,21H,4,7-8,11H2. The van der Waals surface area contributed by atoms with Crippen LogP contribution in [0.5, 0.6) is 0 Å². The molecule has 1 unspecified atom stereocenters. The summed E-state index contributed by atoms with van der Waals surface area (Å²) in [6.45, 7) is 0.104. The summed E-state index contributed by atoms with van der Waals surface area (Å²) in [4.78, 5) is 16.9. The lowest BCUT2D eigenvalue weighted by atomic mass is 9.96. The molecule has 1 aliphatic rings. The quantitative estimate of drug-likeness (QED) is 0.888. The monoisotopic (exact) mass is 322 g/mol. The van der Waals surface area contributed by atoms with Gasteiger partial charge < -0.3 is 9.88 Å². The molecular formula is C17H17F3N2O. The highest BCUT2D eigenvalue weighted by Gasteiger charge is 2.43. The molecular weight excluding hydrogens is 305 g/mol. The van der Waals surface area contributed by atoms with Crippen LogP contribution in [0.3, 0.4) is 0 Å². The van der Waals surface area contributed by atoms with Crippen LogP contribution in [0.2, 0.25) is 0 Å². The summed E-state index contributed by atoms with van der Waals surface area (Å²) in [7, 11) is 0. The van der Waals surface area contributed by atoms with E-state index in [1.54, 1.807) is 12.4 Å². The molecule has 0 saturated carbocycles. The number of carbonyl (C=O) groups is 1. The maximum atomic E-state index is 12.9. The van der Waals surface area contributed by atoms with Crippen LogP contribution in [0, 0.1) is 5.92 Å². The molecule has 1 saturated heterocycles. The second-order valence-electron chi connectivity index (χ2n) is 5.78. The summed E-state index contributed by atoms with van der Waals surface area (Å²) >= 11 is 0. The van der Waals surface area contributed by atoms with Crippen molar-refractivity contribution in [3.05, 3.63) is 48.3 Å². The van der Waals surface area contributed by atoms with Crippen molar-refractivity contribution < 1.29 is 18.0 Å². The van der Waals surface area contributed by atoms with Crippen molar-refractivity contribution in [2.75, 3.05) is 13.1 Å². The number of amides is 1. The number of nitrogens with zero attached hydrogens (tertiary/aromatic N) is 1. The first-order valence-electron chi connectivity index (χ1n) is 7.55. The summed E-state index contributed by atoms with van der Waals surface area (Å²) in [6, 6.07) is 9.33. The Morgan fingerprint density at radius 1 is 1.17 bits per heavy atom. The number of H-pyrrole nitrogens is 1. The third-order valence-corrected chi connectivity index (χ3v) is 4.23. The van der Waals surface area contributed by atoms with E-state index in [4.69, 9.17) is 0 Å². The Labute approximate surface area is 132 Å². The molecule has 122 valence electrons. The maximum absolute atomic E-state index is 12.9. The Kier molecular flexibility index (Phi) is 4.15. The van der Waals surface area contributed by atoms with Gasteiger partial charge in [-0.05, 0) is 18.4 Å². The average Bonchev–Trinajstić information content (AvgIpc) is 3.04. The molecule has 0 bridgehead atoms. The zero-order valence-electron chi connectivity index (χ0n) is 12.4. The summed E-state index contributed by atoms with van der Waals surface area (Å²) in [5.41, 5.74) is 1.99. The van der Waals surface area contributed by atoms with Gasteiger partial charge >= 0.3 is 6.18 Å². The van der Waals surface area contributed by atoms with Gasteiger partial charge in [0.15, 0.2) is 0 Å². The number of halogens is 3. The van der Waals surface area contributed by atoms with Crippen LogP contribution < -0.4 is 0 Å². The van der Waals surface area contributed by atoms with Gasteiger partial charge in [-0.15, -0.1) is 0 Å². The van der Waals surface area contributed by atoms with Gasteiger partial charge in [-0.3, -0.25) is 4.79 Å². The van der Waals surface area contributed by atoms with E-state index in [9.17, 15) is 18.0 Å². The number of benzene rings is 1. The lowest BCUT2D eigenvalue weighted by molar-refractivity contribution is -0.184. The van der Waals surface area contributed by atoms with E-state index in [0.717, 1.165) is 5.56 Å². The van der Waals surface area contributed by atoms with E-state index in [2.05, 4.69) is 4.98 Å². The Bertz CT molecular complexity index is 679. The van der Waals surface area contributed by atoms with E-state index >= 15 is 0 Å². The number of likely N-dealkylation sites (tertiary alicyclic amines) is 1. The van der Waals surface area contributed by atoms with Crippen LogP contribution in [-0.2, 0) is 0 Å². The summed E-state index contributed by atoms with van der Waals surface area (Å²) in [6.07, 6.45) is -0.526. The molecule has 6 heteroatoms. The van der Waals surface area contributed by atoms with Crippen molar-refractivity contribution in [1.29, 1.82) is 0 Å². The number of piperidine rings is 1. The lowest BCUT2D eigenvalue weighted by Gasteiger charge is -2.33. The summed E-state index contributed by atoms with van der Waals surface area (Å²) in [5, 5.41) is 0. The molecule has 0 aliphatic carbocycles. The van der Waals surface area contributed by atoms with Crippen LogP contribution in [0.15, 0.2) is 42.7 Å². The van der Waals surface area contributed by atoms with Gasteiger partial charge in [0.25, 0.3) is 5.91 Å². The number of aromatic amines is 1. The zero-order valence-corrected chi connectivity index (χ0v) is 12.4. The van der Waals surface area contributed by atoms with Crippen LogP contribution in [0.1, 0.15) is 23.2 Å². The number of hydrogen-bond acceptors (Lipinski definition) is 1. The number of nitrogens with one attached hydrogen (secondary N) is 1. The Balaban J connectivity index is 1.83. The first kappa shape index (κ1) is 15.6. The molecule has 1 aromatic heterocycles. The number of rotatable bonds is 2. The maximum Gasteiger partial charge on any atom is 0.393 e. The van der Waals surface area contributed by atoms with E-state index < -0.39 is 12.1 Å². The third kappa shape index (κ3) is 3.25. The van der Waals surface area contributed by atoms with Crippen molar-refractivity contribution in [1.82, 2.24) is 9.88 Å². The predicted molar refractivity (Wildman–Crippen MR) is 80.9 cm³/mol. The average molecular weight is 322 g/mol. The molecule has 1 aliphatic heterocycles. The minimum absolute atomic E-state index is 0.0892. The fraction of sp³-hybridized carbons (Fsp3) is 0.353. The Morgan fingerprint density at radius 2 is 1.91 bits per heavy atom. The smallest absolute Gasteiger partial charge is 0.366 e. The number of carbonyl (C=O) groups excluding carboxylic acids is 1. The molecule has 3 nitrogen and oxygen atoms in total. The van der Waals surface area contributed by atoms with Crippen LogP contribution in [-0.4, -0.2) is 35.1 Å². The van der Waals surface area contributed by atoms with Gasteiger partial charge in [-0.2, -0.15) is 13.2 Å². The molecule has 1 N–H and O–H groups in total. The van der Waals surface area contributed by atoms with E-state index in [1.807, 2.05) is 30.3 Å². The topological polar surface area (TPSA) is 36.1 Å². The second-order valence-corrected chi connectivity index (χ2v) is 5.78. The first-order chi connectivity index (χ1) is 11.0. The molecule has 2 heterocycles. The van der Waals surface area contributed by atoms with E-state index in [1.165, 1.54) is 4.90 Å². The number of alkyl halides is 3. The minimum Gasteiger partial charge on any atom is -0.366 e. The highest BCUT2D eigenvalue weighted by molar-refractivity contribution is 6.00. The Morgan fingerprint density at radius 3 is 2.61 bits per heavy atom. The minimum atomic E-state index is -4.25. The highest BCUT2D eigenvalue weighted by atomic mass is 19.4. The van der Waals surface area contributed by atoms with Crippen molar-refractivity contribution >= 4 is 5.91 Å². The fourth-order valence-electron chi connectivity index (χ4n) is 3.00. The molecule has 23 heavy (non-hydrogen) atoms. The van der Waals surface area contributed by atoms with Crippen LogP contribution >= 0.6 is 0 Å². The lowest BCUT2D eigenvalue weighted by Crippen LogP contribution is -2.44. The van der Waals surface area contributed by atoms with Crippen molar-refractivity contribution in [3.63, 3.8) is 0 Å². The second kappa shape index (κ2) is 6.10. The van der Waals surface area contributed by atoms with E-state index in [-0.39, 0.29) is 18.9 Å². The predicted octanol–water partition coefficient (Wildman–Crippen LogP) is 4.10. The zero-order chi connectivity index (χ0) is 16.4. The molecule has 1 atom stereocenters.